The zero-order chi connectivity index (χ0) is 22.0. The number of methoxy groups -OCH3 is 3. The maximum atomic E-state index is 12.5. The highest BCUT2D eigenvalue weighted by molar-refractivity contribution is 7.80. The normalized spacial score (nSPS) is 14.5. The molecular weight excluding hydrogens is 416 g/mol. The van der Waals surface area contributed by atoms with Gasteiger partial charge >= 0.3 is 5.69 Å². The van der Waals surface area contributed by atoms with E-state index in [2.05, 4.69) is 15.2 Å². The molecule has 1 aromatic heterocycles. The van der Waals surface area contributed by atoms with Gasteiger partial charge in [0.1, 0.15) is 0 Å². The Morgan fingerprint density at radius 3 is 2.32 bits per heavy atom. The van der Waals surface area contributed by atoms with Gasteiger partial charge in [-0.2, -0.15) is 0 Å². The van der Waals surface area contributed by atoms with Gasteiger partial charge in [0.25, 0.3) is 0 Å². The van der Waals surface area contributed by atoms with Gasteiger partial charge in [-0.25, -0.2) is 4.79 Å². The zero-order valence-electron chi connectivity index (χ0n) is 17.8. The van der Waals surface area contributed by atoms with E-state index >= 15 is 0 Å². The Morgan fingerprint density at radius 2 is 1.71 bits per heavy atom. The molecule has 4 rings (SSSR count). The summed E-state index contributed by atoms with van der Waals surface area (Å²) in [7, 11) is 4.73. The Balaban J connectivity index is 1.45. The van der Waals surface area contributed by atoms with Gasteiger partial charge in [0, 0.05) is 37.0 Å². The second kappa shape index (κ2) is 8.89. The SMILES string of the molecule is COc1cc(NC(=S)N2CCC(n3c(=O)[nH]c4ccccc43)CC2)cc(OC)c1OC. The van der Waals surface area contributed by atoms with Crippen LogP contribution in [0.15, 0.2) is 41.2 Å². The van der Waals surface area contributed by atoms with Crippen LogP contribution in [0, 0.1) is 0 Å². The number of aromatic amines is 1. The van der Waals surface area contributed by atoms with E-state index < -0.39 is 0 Å². The number of nitrogens with zero attached hydrogens (tertiary/aromatic N) is 2. The lowest BCUT2D eigenvalue weighted by Crippen LogP contribution is -2.42. The van der Waals surface area contributed by atoms with Crippen molar-refractivity contribution in [1.29, 1.82) is 0 Å². The summed E-state index contributed by atoms with van der Waals surface area (Å²) in [4.78, 5) is 17.6. The van der Waals surface area contributed by atoms with Crippen molar-refractivity contribution in [3.63, 3.8) is 0 Å². The van der Waals surface area contributed by atoms with Gasteiger partial charge in [0.2, 0.25) is 5.75 Å². The average molecular weight is 443 g/mol. The van der Waals surface area contributed by atoms with Gasteiger partial charge in [-0.3, -0.25) is 4.57 Å². The van der Waals surface area contributed by atoms with Crippen LogP contribution in [0.2, 0.25) is 0 Å². The van der Waals surface area contributed by atoms with Crippen LogP contribution in [0.1, 0.15) is 18.9 Å². The van der Waals surface area contributed by atoms with Gasteiger partial charge in [0.05, 0.1) is 32.4 Å². The van der Waals surface area contributed by atoms with Crippen molar-refractivity contribution >= 4 is 34.1 Å². The Hall–Kier alpha value is -3.20. The molecule has 31 heavy (non-hydrogen) atoms. The Kier molecular flexibility index (Phi) is 6.03. The molecule has 1 fully saturated rings. The monoisotopic (exact) mass is 442 g/mol. The van der Waals surface area contributed by atoms with E-state index in [1.165, 1.54) is 0 Å². The van der Waals surface area contributed by atoms with E-state index in [0.717, 1.165) is 42.7 Å². The molecule has 0 radical (unpaired) electrons. The molecule has 0 saturated carbocycles. The number of nitrogens with one attached hydrogen (secondary N) is 2. The van der Waals surface area contributed by atoms with Crippen molar-refractivity contribution in [2.24, 2.45) is 0 Å². The van der Waals surface area contributed by atoms with E-state index in [0.29, 0.717) is 22.4 Å². The van der Waals surface area contributed by atoms with Gasteiger partial charge in [-0.1, -0.05) is 12.1 Å². The highest BCUT2D eigenvalue weighted by Gasteiger charge is 2.25. The maximum absolute atomic E-state index is 12.5. The smallest absolute Gasteiger partial charge is 0.326 e. The van der Waals surface area contributed by atoms with Crippen molar-refractivity contribution in [1.82, 2.24) is 14.5 Å². The molecule has 0 unspecified atom stereocenters. The molecule has 0 aliphatic carbocycles. The number of para-hydroxylation sites is 2. The number of rotatable bonds is 5. The summed E-state index contributed by atoms with van der Waals surface area (Å²) in [5.41, 5.74) is 2.52. The second-order valence-corrected chi connectivity index (χ2v) is 7.77. The van der Waals surface area contributed by atoms with Gasteiger partial charge < -0.3 is 29.4 Å². The number of fused-ring (bicyclic) bond motifs is 1. The Bertz CT molecular complexity index is 1120. The third kappa shape index (κ3) is 4.05. The van der Waals surface area contributed by atoms with E-state index in [1.54, 1.807) is 21.3 Å². The highest BCUT2D eigenvalue weighted by atomic mass is 32.1. The first-order valence-corrected chi connectivity index (χ1v) is 10.5. The van der Waals surface area contributed by atoms with Crippen molar-refractivity contribution in [3.8, 4) is 17.2 Å². The minimum atomic E-state index is -0.0576. The lowest BCUT2D eigenvalue weighted by Gasteiger charge is -2.34. The number of hydrogen-bond donors (Lipinski definition) is 2. The Morgan fingerprint density at radius 1 is 1.06 bits per heavy atom. The molecule has 0 atom stereocenters. The second-order valence-electron chi connectivity index (χ2n) is 7.38. The lowest BCUT2D eigenvalue weighted by molar-refractivity contribution is 0.269. The molecule has 0 amide bonds. The molecular formula is C22H26N4O4S. The van der Waals surface area contributed by atoms with Gasteiger partial charge in [-0.15, -0.1) is 0 Å². The van der Waals surface area contributed by atoms with Crippen LogP contribution in [0.4, 0.5) is 5.69 Å². The number of likely N-dealkylation sites (tertiary alicyclic amines) is 1. The van der Waals surface area contributed by atoms with Crippen molar-refractivity contribution in [2.45, 2.75) is 18.9 Å². The first kappa shape index (κ1) is 21.0. The fraction of sp³-hybridized carbons (Fsp3) is 0.364. The summed E-state index contributed by atoms with van der Waals surface area (Å²) < 4.78 is 18.1. The largest absolute Gasteiger partial charge is 0.493 e. The molecule has 9 heteroatoms. The number of imidazole rings is 1. The summed E-state index contributed by atoms with van der Waals surface area (Å²) in [6.07, 6.45) is 1.66. The molecule has 2 aromatic carbocycles. The molecule has 2 N–H and O–H groups in total. The first-order chi connectivity index (χ1) is 15.0. The molecule has 0 bridgehead atoms. The molecule has 3 aromatic rings. The molecule has 164 valence electrons. The van der Waals surface area contributed by atoms with Gasteiger partial charge in [-0.05, 0) is 37.2 Å². The highest BCUT2D eigenvalue weighted by Crippen LogP contribution is 2.40. The maximum Gasteiger partial charge on any atom is 0.326 e. The number of hydrogen-bond acceptors (Lipinski definition) is 5. The summed E-state index contributed by atoms with van der Waals surface area (Å²) >= 11 is 5.64. The number of benzene rings is 2. The van der Waals surface area contributed by atoms with Crippen LogP contribution in [0.3, 0.4) is 0 Å². The number of ether oxygens (including phenoxy) is 3. The minimum Gasteiger partial charge on any atom is -0.493 e. The quantitative estimate of drug-likeness (QED) is 0.586. The summed E-state index contributed by atoms with van der Waals surface area (Å²) in [6, 6.07) is 11.6. The Labute approximate surface area is 185 Å². The molecule has 1 aliphatic rings. The van der Waals surface area contributed by atoms with Crippen LogP contribution in [0.5, 0.6) is 17.2 Å². The number of piperidine rings is 1. The molecule has 1 aliphatic heterocycles. The molecule has 1 saturated heterocycles. The van der Waals surface area contributed by atoms with E-state index in [1.807, 2.05) is 41.0 Å². The summed E-state index contributed by atoms with van der Waals surface area (Å²) in [5, 5.41) is 3.89. The van der Waals surface area contributed by atoms with Crippen molar-refractivity contribution in [2.75, 3.05) is 39.7 Å². The minimum absolute atomic E-state index is 0.0576. The topological polar surface area (TPSA) is 80.8 Å². The summed E-state index contributed by atoms with van der Waals surface area (Å²) in [5.74, 6) is 1.65. The standard InChI is InChI=1S/C22H26N4O4S/c1-28-18-12-14(13-19(29-2)20(18)30-3)23-22(31)25-10-8-15(9-11-25)26-17-7-5-4-6-16(17)24-21(26)27/h4-7,12-13,15H,8-11H2,1-3H3,(H,23,31)(H,24,27). The first-order valence-electron chi connectivity index (χ1n) is 10.1. The number of H-pyrrole nitrogens is 1. The van der Waals surface area contributed by atoms with E-state index in [4.69, 9.17) is 26.4 Å². The third-order valence-corrected chi connectivity index (χ3v) is 6.02. The third-order valence-electron chi connectivity index (χ3n) is 5.66. The van der Waals surface area contributed by atoms with Crippen LogP contribution < -0.4 is 25.2 Å². The molecule has 0 spiro atoms. The summed E-state index contributed by atoms with van der Waals surface area (Å²) in [6.45, 7) is 1.51. The number of anilines is 1. The van der Waals surface area contributed by atoms with E-state index in [9.17, 15) is 4.79 Å². The lowest BCUT2D eigenvalue weighted by atomic mass is 10.0. The number of aromatic nitrogens is 2. The molecule has 2 heterocycles. The molecule has 8 nitrogen and oxygen atoms in total. The average Bonchev–Trinajstić information content (AvgIpc) is 3.14. The van der Waals surface area contributed by atoms with Crippen LogP contribution in [0.25, 0.3) is 11.0 Å². The van der Waals surface area contributed by atoms with Crippen LogP contribution >= 0.6 is 12.2 Å². The number of thiocarbonyl (C=S) groups is 1. The van der Waals surface area contributed by atoms with Crippen LogP contribution in [-0.2, 0) is 0 Å². The predicted molar refractivity (Wildman–Crippen MR) is 125 cm³/mol. The van der Waals surface area contributed by atoms with E-state index in [-0.39, 0.29) is 11.7 Å². The fourth-order valence-corrected chi connectivity index (χ4v) is 4.42. The van der Waals surface area contributed by atoms with Crippen molar-refractivity contribution in [3.05, 3.63) is 46.9 Å². The van der Waals surface area contributed by atoms with Crippen molar-refractivity contribution < 1.29 is 14.2 Å². The van der Waals surface area contributed by atoms with Crippen LogP contribution in [-0.4, -0.2) is 54.0 Å². The van der Waals surface area contributed by atoms with Gasteiger partial charge in [0.15, 0.2) is 16.6 Å². The predicted octanol–water partition coefficient (Wildman–Crippen LogP) is 3.39. The fourth-order valence-electron chi connectivity index (χ4n) is 4.12. The zero-order valence-corrected chi connectivity index (χ0v) is 18.6.